The average molecular weight is 266 g/mol. The number of pyridine rings is 1. The minimum Gasteiger partial charge on any atom is -0.242 e. The van der Waals surface area contributed by atoms with Gasteiger partial charge in [-0.25, -0.2) is 9.37 Å². The van der Waals surface area contributed by atoms with Crippen LogP contribution in [0.25, 0.3) is 11.1 Å². The molecule has 0 saturated carbocycles. The number of aromatic nitrogens is 1. The summed E-state index contributed by atoms with van der Waals surface area (Å²) < 4.78 is 50.5. The largest absolute Gasteiger partial charge is 0.416 e. The predicted octanol–water partition coefficient (Wildman–Crippen LogP) is 3.78. The number of hydrogen-bond acceptors (Lipinski definition) is 2. The summed E-state index contributed by atoms with van der Waals surface area (Å²) >= 11 is 0. The number of rotatable bonds is 1. The first-order valence-electron chi connectivity index (χ1n) is 5.15. The second-order valence-electron chi connectivity index (χ2n) is 3.74. The fourth-order valence-corrected chi connectivity index (χ4v) is 1.53. The van der Waals surface area contributed by atoms with Gasteiger partial charge >= 0.3 is 6.18 Å². The highest BCUT2D eigenvalue weighted by Gasteiger charge is 2.29. The monoisotopic (exact) mass is 266 g/mol. The summed E-state index contributed by atoms with van der Waals surface area (Å²) in [6, 6.07) is 6.90. The van der Waals surface area contributed by atoms with Crippen molar-refractivity contribution in [3.8, 4) is 17.2 Å². The molecule has 0 unspecified atom stereocenters. The first-order chi connectivity index (χ1) is 8.91. The first-order valence-corrected chi connectivity index (χ1v) is 5.15. The van der Waals surface area contributed by atoms with Crippen molar-refractivity contribution in [2.24, 2.45) is 0 Å². The van der Waals surface area contributed by atoms with Crippen LogP contribution in [-0.2, 0) is 6.18 Å². The van der Waals surface area contributed by atoms with Crippen molar-refractivity contribution in [2.45, 2.75) is 6.18 Å². The van der Waals surface area contributed by atoms with Gasteiger partial charge in [-0.15, -0.1) is 0 Å². The van der Waals surface area contributed by atoms with Gasteiger partial charge in [0.1, 0.15) is 6.07 Å². The second kappa shape index (κ2) is 4.69. The maximum absolute atomic E-state index is 13.3. The summed E-state index contributed by atoms with van der Waals surface area (Å²) in [6.07, 6.45) is -3.17. The van der Waals surface area contributed by atoms with Gasteiger partial charge in [0.2, 0.25) is 0 Å². The maximum atomic E-state index is 13.3. The van der Waals surface area contributed by atoms with Crippen LogP contribution in [0, 0.1) is 17.1 Å². The zero-order chi connectivity index (χ0) is 14.0. The molecule has 96 valence electrons. The van der Waals surface area contributed by atoms with E-state index in [2.05, 4.69) is 4.98 Å². The van der Waals surface area contributed by atoms with Crippen molar-refractivity contribution in [3.05, 3.63) is 53.6 Å². The Morgan fingerprint density at radius 1 is 1.05 bits per heavy atom. The average Bonchev–Trinajstić information content (AvgIpc) is 2.38. The minimum absolute atomic E-state index is 0.310. The SMILES string of the molecule is N#Cc1ncc(-c2ccc(C(F)(F)F)cc2)cc1F. The van der Waals surface area contributed by atoms with E-state index in [-0.39, 0.29) is 5.69 Å². The van der Waals surface area contributed by atoms with E-state index < -0.39 is 17.6 Å². The van der Waals surface area contributed by atoms with Crippen LogP contribution in [0.1, 0.15) is 11.3 Å². The third-order valence-electron chi connectivity index (χ3n) is 2.49. The van der Waals surface area contributed by atoms with Crippen molar-refractivity contribution < 1.29 is 17.6 Å². The molecular formula is C13H6F4N2. The minimum atomic E-state index is -4.41. The predicted molar refractivity (Wildman–Crippen MR) is 59.3 cm³/mol. The molecule has 0 amide bonds. The Kier molecular flexibility index (Phi) is 3.21. The van der Waals surface area contributed by atoms with Gasteiger partial charge in [-0.3, -0.25) is 0 Å². The highest BCUT2D eigenvalue weighted by atomic mass is 19.4. The van der Waals surface area contributed by atoms with E-state index in [1.807, 2.05) is 0 Å². The fraction of sp³-hybridized carbons (Fsp3) is 0.0769. The van der Waals surface area contributed by atoms with E-state index in [9.17, 15) is 17.6 Å². The van der Waals surface area contributed by atoms with Crippen LogP contribution in [0.4, 0.5) is 17.6 Å². The fourth-order valence-electron chi connectivity index (χ4n) is 1.53. The highest BCUT2D eigenvalue weighted by molar-refractivity contribution is 5.63. The van der Waals surface area contributed by atoms with Gasteiger partial charge in [-0.2, -0.15) is 18.4 Å². The number of halogens is 4. The molecule has 0 aliphatic heterocycles. The van der Waals surface area contributed by atoms with Crippen LogP contribution in [0.3, 0.4) is 0 Å². The number of alkyl halides is 3. The summed E-state index contributed by atoms with van der Waals surface area (Å²) in [5, 5.41) is 8.53. The van der Waals surface area contributed by atoms with Gasteiger partial charge in [-0.1, -0.05) is 12.1 Å². The number of hydrogen-bond donors (Lipinski definition) is 0. The van der Waals surface area contributed by atoms with Crippen molar-refractivity contribution in [1.82, 2.24) is 4.98 Å². The molecule has 6 heteroatoms. The second-order valence-corrected chi connectivity index (χ2v) is 3.74. The Labute approximate surface area is 105 Å². The van der Waals surface area contributed by atoms with Crippen LogP contribution in [-0.4, -0.2) is 4.98 Å². The molecule has 1 aromatic heterocycles. The first kappa shape index (κ1) is 13.0. The lowest BCUT2D eigenvalue weighted by Gasteiger charge is -2.07. The van der Waals surface area contributed by atoms with Crippen LogP contribution in [0.2, 0.25) is 0 Å². The molecule has 19 heavy (non-hydrogen) atoms. The molecule has 0 spiro atoms. The molecule has 0 aliphatic rings. The zero-order valence-electron chi connectivity index (χ0n) is 9.37. The molecule has 0 fully saturated rings. The van der Waals surface area contributed by atoms with Gasteiger partial charge in [-0.05, 0) is 23.8 Å². The van der Waals surface area contributed by atoms with E-state index in [1.165, 1.54) is 18.3 Å². The van der Waals surface area contributed by atoms with Crippen molar-refractivity contribution in [2.75, 3.05) is 0 Å². The molecule has 1 heterocycles. The van der Waals surface area contributed by atoms with Crippen molar-refractivity contribution in [1.29, 1.82) is 5.26 Å². The van der Waals surface area contributed by atoms with Gasteiger partial charge in [0.15, 0.2) is 11.5 Å². The van der Waals surface area contributed by atoms with Crippen LogP contribution >= 0.6 is 0 Å². The topological polar surface area (TPSA) is 36.7 Å². The maximum Gasteiger partial charge on any atom is 0.416 e. The molecule has 0 atom stereocenters. The molecule has 0 saturated heterocycles. The van der Waals surface area contributed by atoms with Crippen molar-refractivity contribution in [3.63, 3.8) is 0 Å². The van der Waals surface area contributed by atoms with Crippen molar-refractivity contribution >= 4 is 0 Å². The van der Waals surface area contributed by atoms with E-state index in [0.29, 0.717) is 11.1 Å². The van der Waals surface area contributed by atoms with Crippen LogP contribution in [0.5, 0.6) is 0 Å². The molecule has 0 aliphatic carbocycles. The van der Waals surface area contributed by atoms with E-state index in [1.54, 1.807) is 6.07 Å². The normalized spacial score (nSPS) is 11.1. The molecular weight excluding hydrogens is 260 g/mol. The molecule has 2 rings (SSSR count). The third-order valence-corrected chi connectivity index (χ3v) is 2.49. The van der Waals surface area contributed by atoms with E-state index in [4.69, 9.17) is 5.26 Å². The number of nitriles is 1. The van der Waals surface area contributed by atoms with Crippen LogP contribution in [0.15, 0.2) is 36.5 Å². The highest BCUT2D eigenvalue weighted by Crippen LogP contribution is 2.31. The Morgan fingerprint density at radius 2 is 1.68 bits per heavy atom. The van der Waals surface area contributed by atoms with Crippen LogP contribution < -0.4 is 0 Å². The standard InChI is InChI=1S/C13H6F4N2/c14-11-5-9(7-19-12(11)6-18)8-1-3-10(4-2-8)13(15,16)17/h1-5,7H. The third kappa shape index (κ3) is 2.71. The van der Waals surface area contributed by atoms with Gasteiger partial charge in [0, 0.05) is 11.8 Å². The number of nitrogens with zero attached hydrogens (tertiary/aromatic N) is 2. The zero-order valence-corrected chi connectivity index (χ0v) is 9.37. The molecule has 0 radical (unpaired) electrons. The summed E-state index contributed by atoms with van der Waals surface area (Å²) in [7, 11) is 0. The lowest BCUT2D eigenvalue weighted by molar-refractivity contribution is -0.137. The summed E-state index contributed by atoms with van der Waals surface area (Å²) in [5.74, 6) is -0.806. The Morgan fingerprint density at radius 3 is 2.16 bits per heavy atom. The summed E-state index contributed by atoms with van der Waals surface area (Å²) in [6.45, 7) is 0. The molecule has 2 aromatic rings. The summed E-state index contributed by atoms with van der Waals surface area (Å²) in [4.78, 5) is 3.59. The smallest absolute Gasteiger partial charge is 0.242 e. The Hall–Kier alpha value is -2.42. The molecule has 0 N–H and O–H groups in total. The van der Waals surface area contributed by atoms with E-state index in [0.717, 1.165) is 18.2 Å². The quantitative estimate of drug-likeness (QED) is 0.736. The van der Waals surface area contributed by atoms with E-state index >= 15 is 0 Å². The Bertz CT molecular complexity index is 639. The van der Waals surface area contributed by atoms with Gasteiger partial charge in [0.25, 0.3) is 0 Å². The molecule has 2 nitrogen and oxygen atoms in total. The van der Waals surface area contributed by atoms with Gasteiger partial charge < -0.3 is 0 Å². The Balaban J connectivity index is 2.38. The van der Waals surface area contributed by atoms with Gasteiger partial charge in [0.05, 0.1) is 5.56 Å². The lowest BCUT2D eigenvalue weighted by atomic mass is 10.1. The lowest BCUT2D eigenvalue weighted by Crippen LogP contribution is -2.04. The molecule has 0 bridgehead atoms. The summed E-state index contributed by atoms with van der Waals surface area (Å²) in [5.41, 5.74) is -0.428. The molecule has 1 aromatic carbocycles. The number of benzene rings is 1.